The van der Waals surface area contributed by atoms with Gasteiger partial charge in [-0.2, -0.15) is 0 Å². The first-order valence-corrected chi connectivity index (χ1v) is 6.14. The summed E-state index contributed by atoms with van der Waals surface area (Å²) in [4.78, 5) is 0. The molecule has 0 amide bonds. The van der Waals surface area contributed by atoms with Crippen LogP contribution in [-0.4, -0.2) is 6.36 Å². The molecule has 0 spiro atoms. The van der Waals surface area contributed by atoms with Crippen molar-refractivity contribution in [3.05, 3.63) is 52.1 Å². The normalized spacial score (nSPS) is 11.3. The molecule has 0 atom stereocenters. The van der Waals surface area contributed by atoms with E-state index in [1.165, 1.54) is 12.1 Å². The van der Waals surface area contributed by atoms with Crippen molar-refractivity contribution in [2.75, 3.05) is 0 Å². The van der Waals surface area contributed by atoms with Crippen molar-refractivity contribution in [3.63, 3.8) is 0 Å². The Morgan fingerprint density at radius 3 is 2.11 bits per heavy atom. The SMILES string of the molecule is FC(F)(F)Oc1ccc(-c2cccc(I)c2)cc1. The van der Waals surface area contributed by atoms with Gasteiger partial charge in [0.05, 0.1) is 0 Å². The van der Waals surface area contributed by atoms with Crippen LogP contribution in [0.5, 0.6) is 5.75 Å². The predicted octanol–water partition coefficient (Wildman–Crippen LogP) is 4.86. The van der Waals surface area contributed by atoms with E-state index in [9.17, 15) is 13.2 Å². The van der Waals surface area contributed by atoms with Gasteiger partial charge in [0.2, 0.25) is 0 Å². The Labute approximate surface area is 116 Å². The van der Waals surface area contributed by atoms with Crippen LogP contribution in [-0.2, 0) is 0 Å². The van der Waals surface area contributed by atoms with E-state index in [0.717, 1.165) is 14.7 Å². The summed E-state index contributed by atoms with van der Waals surface area (Å²) in [6.07, 6.45) is -4.65. The molecule has 0 aliphatic rings. The second-order valence-electron chi connectivity index (χ2n) is 3.58. The monoisotopic (exact) mass is 364 g/mol. The lowest BCUT2D eigenvalue weighted by Gasteiger charge is -2.09. The fraction of sp³-hybridized carbons (Fsp3) is 0.0769. The van der Waals surface area contributed by atoms with Crippen LogP contribution in [0.15, 0.2) is 48.5 Å². The Bertz CT molecular complexity index is 535. The molecule has 94 valence electrons. The van der Waals surface area contributed by atoms with Crippen LogP contribution in [0.25, 0.3) is 11.1 Å². The Morgan fingerprint density at radius 1 is 0.889 bits per heavy atom. The summed E-state index contributed by atoms with van der Waals surface area (Å²) in [7, 11) is 0. The highest BCUT2D eigenvalue weighted by atomic mass is 127. The van der Waals surface area contributed by atoms with Crippen LogP contribution in [0.4, 0.5) is 13.2 Å². The molecule has 2 aromatic carbocycles. The Morgan fingerprint density at radius 2 is 1.56 bits per heavy atom. The maximum absolute atomic E-state index is 12.0. The number of hydrogen-bond acceptors (Lipinski definition) is 1. The molecule has 0 radical (unpaired) electrons. The molecule has 0 bridgehead atoms. The van der Waals surface area contributed by atoms with Crippen LogP contribution >= 0.6 is 22.6 Å². The topological polar surface area (TPSA) is 9.23 Å². The van der Waals surface area contributed by atoms with E-state index >= 15 is 0 Å². The highest BCUT2D eigenvalue weighted by molar-refractivity contribution is 14.1. The first kappa shape index (κ1) is 13.2. The first-order valence-electron chi connectivity index (χ1n) is 5.06. The van der Waals surface area contributed by atoms with Gasteiger partial charge in [-0.25, -0.2) is 0 Å². The van der Waals surface area contributed by atoms with Gasteiger partial charge in [-0.15, -0.1) is 13.2 Å². The summed E-state index contributed by atoms with van der Waals surface area (Å²) in [6.45, 7) is 0. The zero-order valence-corrected chi connectivity index (χ0v) is 11.2. The zero-order valence-electron chi connectivity index (χ0n) is 9.04. The molecule has 18 heavy (non-hydrogen) atoms. The highest BCUT2D eigenvalue weighted by Gasteiger charge is 2.30. The number of hydrogen-bond donors (Lipinski definition) is 0. The largest absolute Gasteiger partial charge is 0.573 e. The predicted molar refractivity (Wildman–Crippen MR) is 71.3 cm³/mol. The lowest BCUT2D eigenvalue weighted by molar-refractivity contribution is -0.274. The Kier molecular flexibility index (Phi) is 3.79. The molecule has 0 aliphatic heterocycles. The smallest absolute Gasteiger partial charge is 0.406 e. The minimum atomic E-state index is -4.65. The molecule has 0 fully saturated rings. The van der Waals surface area contributed by atoms with Crippen LogP contribution < -0.4 is 4.74 Å². The molecule has 2 rings (SSSR count). The third kappa shape index (κ3) is 3.63. The van der Waals surface area contributed by atoms with Crippen molar-refractivity contribution in [2.45, 2.75) is 6.36 Å². The van der Waals surface area contributed by atoms with Crippen LogP contribution in [0, 0.1) is 3.57 Å². The van der Waals surface area contributed by atoms with Crippen LogP contribution in [0.3, 0.4) is 0 Å². The van der Waals surface area contributed by atoms with Gasteiger partial charge in [0.1, 0.15) is 5.75 Å². The maximum atomic E-state index is 12.0. The lowest BCUT2D eigenvalue weighted by Crippen LogP contribution is -2.16. The van der Waals surface area contributed by atoms with Gasteiger partial charge in [-0.05, 0) is 58.0 Å². The molecule has 0 unspecified atom stereocenters. The second kappa shape index (κ2) is 5.17. The molecule has 2 aromatic rings. The van der Waals surface area contributed by atoms with Gasteiger partial charge in [0.15, 0.2) is 0 Å². The van der Waals surface area contributed by atoms with Gasteiger partial charge in [0, 0.05) is 3.57 Å². The average Bonchev–Trinajstić information content (AvgIpc) is 2.28. The zero-order chi connectivity index (χ0) is 13.2. The number of halogens is 4. The van der Waals surface area contributed by atoms with E-state index in [2.05, 4.69) is 27.3 Å². The van der Waals surface area contributed by atoms with Gasteiger partial charge in [0.25, 0.3) is 0 Å². The number of ether oxygens (including phenoxy) is 1. The third-order valence-corrected chi connectivity index (χ3v) is 2.92. The third-order valence-electron chi connectivity index (χ3n) is 2.25. The van der Waals surface area contributed by atoms with Gasteiger partial charge >= 0.3 is 6.36 Å². The summed E-state index contributed by atoms with van der Waals surface area (Å²) in [5, 5.41) is 0. The minimum Gasteiger partial charge on any atom is -0.406 e. The van der Waals surface area contributed by atoms with E-state index in [4.69, 9.17) is 0 Å². The molecule has 0 aliphatic carbocycles. The molecule has 1 nitrogen and oxygen atoms in total. The van der Waals surface area contributed by atoms with Crippen molar-refractivity contribution in [2.24, 2.45) is 0 Å². The van der Waals surface area contributed by atoms with E-state index in [0.29, 0.717) is 0 Å². The fourth-order valence-electron chi connectivity index (χ4n) is 1.52. The first-order chi connectivity index (χ1) is 8.44. The van der Waals surface area contributed by atoms with Crippen molar-refractivity contribution >= 4 is 22.6 Å². The van der Waals surface area contributed by atoms with E-state index in [1.54, 1.807) is 12.1 Å². The van der Waals surface area contributed by atoms with E-state index in [-0.39, 0.29) is 5.75 Å². The van der Waals surface area contributed by atoms with Crippen molar-refractivity contribution in [1.82, 2.24) is 0 Å². The van der Waals surface area contributed by atoms with Crippen LogP contribution in [0.2, 0.25) is 0 Å². The summed E-state index contributed by atoms with van der Waals surface area (Å²) in [6, 6.07) is 13.5. The molecular formula is C13H8F3IO. The summed E-state index contributed by atoms with van der Waals surface area (Å²) < 4.78 is 40.9. The molecule has 5 heteroatoms. The fourth-order valence-corrected chi connectivity index (χ4v) is 2.06. The Balaban J connectivity index is 2.22. The Hall–Kier alpha value is -1.24. The van der Waals surface area contributed by atoms with Gasteiger partial charge < -0.3 is 4.74 Å². The second-order valence-corrected chi connectivity index (χ2v) is 4.83. The van der Waals surface area contributed by atoms with Crippen molar-refractivity contribution in [3.8, 4) is 16.9 Å². The number of alkyl halides is 3. The molecule has 0 heterocycles. The van der Waals surface area contributed by atoms with E-state index in [1.807, 2.05) is 24.3 Å². The molecule has 0 N–H and O–H groups in total. The van der Waals surface area contributed by atoms with Crippen molar-refractivity contribution in [1.29, 1.82) is 0 Å². The van der Waals surface area contributed by atoms with Gasteiger partial charge in [-0.3, -0.25) is 0 Å². The quantitative estimate of drug-likeness (QED) is 0.692. The maximum Gasteiger partial charge on any atom is 0.573 e. The summed E-state index contributed by atoms with van der Waals surface area (Å²) >= 11 is 2.18. The van der Waals surface area contributed by atoms with Crippen molar-refractivity contribution < 1.29 is 17.9 Å². The average molecular weight is 364 g/mol. The van der Waals surface area contributed by atoms with Gasteiger partial charge in [-0.1, -0.05) is 24.3 Å². The molecular weight excluding hydrogens is 356 g/mol. The standard InChI is InChI=1S/C13H8F3IO/c14-13(15,16)18-12-6-4-9(5-7-12)10-2-1-3-11(17)8-10/h1-8H. The minimum absolute atomic E-state index is 0.211. The molecule has 0 saturated carbocycles. The highest BCUT2D eigenvalue weighted by Crippen LogP contribution is 2.27. The van der Waals surface area contributed by atoms with E-state index < -0.39 is 6.36 Å². The summed E-state index contributed by atoms with van der Waals surface area (Å²) in [5.74, 6) is -0.211. The number of rotatable bonds is 2. The molecule has 0 saturated heterocycles. The lowest BCUT2D eigenvalue weighted by atomic mass is 10.1. The number of benzene rings is 2. The van der Waals surface area contributed by atoms with Crippen LogP contribution in [0.1, 0.15) is 0 Å². The molecule has 0 aromatic heterocycles. The summed E-state index contributed by atoms with van der Waals surface area (Å²) in [5.41, 5.74) is 1.81.